The number of benzene rings is 1. The van der Waals surface area contributed by atoms with Crippen molar-refractivity contribution in [1.29, 1.82) is 0 Å². The van der Waals surface area contributed by atoms with Gasteiger partial charge in [0.15, 0.2) is 5.82 Å². The minimum Gasteiger partial charge on any atom is -0.382 e. The van der Waals surface area contributed by atoms with Gasteiger partial charge in [0.1, 0.15) is 5.82 Å². The van der Waals surface area contributed by atoms with Crippen LogP contribution in [0.1, 0.15) is 0 Å². The summed E-state index contributed by atoms with van der Waals surface area (Å²) in [5.41, 5.74) is 6.38. The molecule has 0 aliphatic rings. The van der Waals surface area contributed by atoms with Gasteiger partial charge < -0.3 is 11.1 Å². The van der Waals surface area contributed by atoms with Crippen molar-refractivity contribution in [1.82, 2.24) is 9.97 Å². The Morgan fingerprint density at radius 1 is 1.31 bits per heavy atom. The number of nitrogens with one attached hydrogen (secondary N) is 1. The molecule has 1 heterocycles. The highest BCUT2D eigenvalue weighted by Crippen LogP contribution is 2.26. The van der Waals surface area contributed by atoms with Crippen LogP contribution in [-0.2, 0) is 0 Å². The molecular formula is C10H8BrClN4. The second kappa shape index (κ2) is 4.67. The fourth-order valence-electron chi connectivity index (χ4n) is 1.16. The average Bonchev–Trinajstić information content (AvgIpc) is 2.24. The molecule has 0 radical (unpaired) electrons. The average molecular weight is 300 g/mol. The number of nitrogens with zero attached hydrogens (tertiary/aromatic N) is 2. The molecule has 1 aromatic carbocycles. The van der Waals surface area contributed by atoms with Gasteiger partial charge in [-0.15, -0.1) is 0 Å². The van der Waals surface area contributed by atoms with E-state index in [0.29, 0.717) is 16.7 Å². The maximum Gasteiger partial charge on any atom is 0.151 e. The molecule has 2 aromatic rings. The first-order chi connectivity index (χ1) is 7.65. The van der Waals surface area contributed by atoms with E-state index in [0.717, 1.165) is 10.2 Å². The Bertz CT molecular complexity index is 518. The molecule has 4 nitrogen and oxygen atoms in total. The summed E-state index contributed by atoms with van der Waals surface area (Å²) in [6.07, 6.45) is 3.09. The number of anilines is 3. The third kappa shape index (κ3) is 2.62. The first-order valence-electron chi connectivity index (χ1n) is 4.45. The molecule has 0 aliphatic carbocycles. The van der Waals surface area contributed by atoms with Crippen LogP contribution in [0.25, 0.3) is 0 Å². The quantitative estimate of drug-likeness (QED) is 0.893. The summed E-state index contributed by atoms with van der Waals surface area (Å²) >= 11 is 9.23. The van der Waals surface area contributed by atoms with E-state index in [1.807, 2.05) is 12.1 Å². The molecule has 2 rings (SSSR count). The van der Waals surface area contributed by atoms with Crippen molar-refractivity contribution in [2.45, 2.75) is 0 Å². The van der Waals surface area contributed by atoms with Crippen molar-refractivity contribution in [2.24, 2.45) is 0 Å². The van der Waals surface area contributed by atoms with Gasteiger partial charge in [-0.05, 0) is 34.1 Å². The summed E-state index contributed by atoms with van der Waals surface area (Å²) in [5, 5.41) is 3.73. The fraction of sp³-hybridized carbons (Fsp3) is 0. The van der Waals surface area contributed by atoms with Gasteiger partial charge in [-0.25, -0.2) is 4.98 Å². The first-order valence-corrected chi connectivity index (χ1v) is 5.62. The highest BCUT2D eigenvalue weighted by Gasteiger charge is 2.00. The monoisotopic (exact) mass is 298 g/mol. The standard InChI is InChI=1S/C10H8BrClN4/c11-7-3-6(1-2-8(7)12)15-10-5-14-4-9(13)16-10/h1-5H,(H3,13,15,16). The Hall–Kier alpha value is -1.33. The van der Waals surface area contributed by atoms with Gasteiger partial charge in [0, 0.05) is 10.2 Å². The van der Waals surface area contributed by atoms with Gasteiger partial charge in [0.25, 0.3) is 0 Å². The second-order valence-corrected chi connectivity index (χ2v) is 4.34. The number of hydrogen-bond acceptors (Lipinski definition) is 4. The number of nitrogen functional groups attached to an aromatic ring is 1. The van der Waals surface area contributed by atoms with E-state index in [-0.39, 0.29) is 0 Å². The predicted octanol–water partition coefficient (Wildman–Crippen LogP) is 3.22. The maximum atomic E-state index is 5.89. The Morgan fingerprint density at radius 2 is 2.12 bits per heavy atom. The zero-order valence-electron chi connectivity index (χ0n) is 8.11. The van der Waals surface area contributed by atoms with Crippen LogP contribution in [0.3, 0.4) is 0 Å². The topological polar surface area (TPSA) is 63.8 Å². The number of hydrogen-bond donors (Lipinski definition) is 2. The molecule has 0 bridgehead atoms. The zero-order chi connectivity index (χ0) is 11.5. The molecule has 0 unspecified atom stereocenters. The highest BCUT2D eigenvalue weighted by atomic mass is 79.9. The third-order valence-electron chi connectivity index (χ3n) is 1.85. The lowest BCUT2D eigenvalue weighted by Gasteiger charge is -2.06. The minimum absolute atomic E-state index is 0.373. The lowest BCUT2D eigenvalue weighted by atomic mass is 10.3. The van der Waals surface area contributed by atoms with Gasteiger partial charge in [-0.3, -0.25) is 4.98 Å². The summed E-state index contributed by atoms with van der Waals surface area (Å²) in [6.45, 7) is 0. The Labute approximate surface area is 106 Å². The van der Waals surface area contributed by atoms with Crippen molar-refractivity contribution in [2.75, 3.05) is 11.1 Å². The molecule has 0 saturated carbocycles. The van der Waals surface area contributed by atoms with Gasteiger partial charge in [0.2, 0.25) is 0 Å². The van der Waals surface area contributed by atoms with Crippen LogP contribution in [0.15, 0.2) is 35.1 Å². The lowest BCUT2D eigenvalue weighted by Crippen LogP contribution is -1.98. The van der Waals surface area contributed by atoms with Crippen molar-refractivity contribution < 1.29 is 0 Å². The third-order valence-corrected chi connectivity index (χ3v) is 3.06. The molecule has 3 N–H and O–H groups in total. The van der Waals surface area contributed by atoms with Crippen molar-refractivity contribution >= 4 is 44.9 Å². The van der Waals surface area contributed by atoms with E-state index < -0.39 is 0 Å². The Balaban J connectivity index is 2.24. The number of rotatable bonds is 2. The largest absolute Gasteiger partial charge is 0.382 e. The van der Waals surface area contributed by atoms with Crippen LogP contribution in [0, 0.1) is 0 Å². The van der Waals surface area contributed by atoms with Gasteiger partial charge in [0.05, 0.1) is 17.4 Å². The zero-order valence-corrected chi connectivity index (χ0v) is 10.5. The molecule has 0 amide bonds. The molecular weight excluding hydrogens is 291 g/mol. The van der Waals surface area contributed by atoms with Crippen LogP contribution in [0.2, 0.25) is 5.02 Å². The normalized spacial score (nSPS) is 10.1. The molecule has 0 aliphatic heterocycles. The molecule has 0 atom stereocenters. The molecule has 1 aromatic heterocycles. The maximum absolute atomic E-state index is 5.89. The number of halogens is 2. The fourth-order valence-corrected chi connectivity index (χ4v) is 1.66. The Morgan fingerprint density at radius 3 is 2.81 bits per heavy atom. The van der Waals surface area contributed by atoms with E-state index in [1.165, 1.54) is 6.20 Å². The van der Waals surface area contributed by atoms with E-state index in [2.05, 4.69) is 31.2 Å². The first kappa shape index (κ1) is 11.2. The van der Waals surface area contributed by atoms with E-state index in [4.69, 9.17) is 17.3 Å². The molecule has 6 heteroatoms. The van der Waals surface area contributed by atoms with Crippen LogP contribution >= 0.6 is 27.5 Å². The van der Waals surface area contributed by atoms with E-state index in [9.17, 15) is 0 Å². The summed E-state index contributed by atoms with van der Waals surface area (Å²) < 4.78 is 0.816. The molecule has 0 saturated heterocycles. The van der Waals surface area contributed by atoms with Crippen molar-refractivity contribution in [3.8, 4) is 0 Å². The van der Waals surface area contributed by atoms with Gasteiger partial charge in [-0.2, -0.15) is 0 Å². The number of nitrogens with two attached hydrogens (primary N) is 1. The van der Waals surface area contributed by atoms with Gasteiger partial charge >= 0.3 is 0 Å². The summed E-state index contributed by atoms with van der Waals surface area (Å²) in [7, 11) is 0. The van der Waals surface area contributed by atoms with Crippen LogP contribution < -0.4 is 11.1 Å². The molecule has 82 valence electrons. The summed E-state index contributed by atoms with van der Waals surface area (Å²) in [5.74, 6) is 0.965. The second-order valence-electron chi connectivity index (χ2n) is 3.08. The van der Waals surface area contributed by atoms with E-state index in [1.54, 1.807) is 12.3 Å². The molecule has 16 heavy (non-hydrogen) atoms. The predicted molar refractivity (Wildman–Crippen MR) is 68.9 cm³/mol. The smallest absolute Gasteiger partial charge is 0.151 e. The van der Waals surface area contributed by atoms with Crippen LogP contribution in [0.4, 0.5) is 17.3 Å². The van der Waals surface area contributed by atoms with Crippen molar-refractivity contribution in [3.63, 3.8) is 0 Å². The summed E-state index contributed by atoms with van der Waals surface area (Å²) in [4.78, 5) is 8.01. The van der Waals surface area contributed by atoms with Crippen LogP contribution in [-0.4, -0.2) is 9.97 Å². The van der Waals surface area contributed by atoms with Gasteiger partial charge in [-0.1, -0.05) is 11.6 Å². The number of aromatic nitrogens is 2. The lowest BCUT2D eigenvalue weighted by molar-refractivity contribution is 1.21. The minimum atomic E-state index is 0.373. The molecule has 0 spiro atoms. The molecule has 0 fully saturated rings. The Kier molecular flexibility index (Phi) is 3.26. The highest BCUT2D eigenvalue weighted by molar-refractivity contribution is 9.10. The van der Waals surface area contributed by atoms with Crippen LogP contribution in [0.5, 0.6) is 0 Å². The summed E-state index contributed by atoms with van der Waals surface area (Å²) in [6, 6.07) is 5.48. The SMILES string of the molecule is Nc1cncc(Nc2ccc(Cl)c(Br)c2)n1. The van der Waals surface area contributed by atoms with Crippen molar-refractivity contribution in [3.05, 3.63) is 40.1 Å². The van der Waals surface area contributed by atoms with E-state index >= 15 is 0 Å².